The molecular weight excluding hydrogens is 248 g/mol. The highest BCUT2D eigenvalue weighted by molar-refractivity contribution is 6.69. The summed E-state index contributed by atoms with van der Waals surface area (Å²) in [6, 6.07) is 7.68. The molecule has 0 aromatic heterocycles. The number of ether oxygens (including phenoxy) is 2. The van der Waals surface area contributed by atoms with Crippen molar-refractivity contribution in [3.05, 3.63) is 29.8 Å². The maximum absolute atomic E-state index is 11.6. The van der Waals surface area contributed by atoms with Gasteiger partial charge < -0.3 is 13.9 Å². The first-order chi connectivity index (χ1) is 8.41. The lowest BCUT2D eigenvalue weighted by atomic mass is 9.93. The molecule has 2 aliphatic rings. The number of benzene rings is 1. The first-order valence-electron chi connectivity index (χ1n) is 6.07. The number of carbonyl (C=O) groups excluding carboxylic acids is 1. The molecule has 0 aliphatic carbocycles. The van der Waals surface area contributed by atoms with Crippen LogP contribution in [0.25, 0.3) is 0 Å². The third-order valence-corrected chi connectivity index (χ3v) is 4.07. The van der Waals surface area contributed by atoms with Gasteiger partial charge in [0.05, 0.1) is 6.42 Å². The van der Waals surface area contributed by atoms with Gasteiger partial charge in [-0.2, -0.15) is 0 Å². The van der Waals surface area contributed by atoms with E-state index < -0.39 is 20.2 Å². The van der Waals surface area contributed by atoms with Crippen LogP contribution in [0, 0.1) is 0 Å². The van der Waals surface area contributed by atoms with Crippen LogP contribution in [0.1, 0.15) is 12.0 Å². The highest BCUT2D eigenvalue weighted by Gasteiger charge is 2.60. The topological polar surface area (TPSA) is 44.8 Å². The molecule has 0 saturated carbocycles. The van der Waals surface area contributed by atoms with Gasteiger partial charge in [0.15, 0.2) is 13.9 Å². The van der Waals surface area contributed by atoms with Crippen LogP contribution in [-0.2, 0) is 19.6 Å². The van der Waals surface area contributed by atoms with E-state index in [9.17, 15) is 4.79 Å². The molecule has 0 radical (unpaired) electrons. The monoisotopic (exact) mass is 264 g/mol. The molecule has 1 saturated heterocycles. The van der Waals surface area contributed by atoms with Crippen LogP contribution in [0.15, 0.2) is 24.3 Å². The predicted molar refractivity (Wildman–Crippen MR) is 67.7 cm³/mol. The Morgan fingerprint density at radius 1 is 1.28 bits per heavy atom. The molecule has 0 spiro atoms. The maximum Gasteiger partial charge on any atom is 0.312 e. The zero-order chi connectivity index (χ0) is 13.0. The molecular formula is C13H16O4Si. The van der Waals surface area contributed by atoms with Crippen LogP contribution in [0.2, 0.25) is 19.6 Å². The molecule has 2 aliphatic heterocycles. The molecule has 2 heterocycles. The Kier molecular flexibility index (Phi) is 2.34. The van der Waals surface area contributed by atoms with Gasteiger partial charge in [0.1, 0.15) is 5.75 Å². The van der Waals surface area contributed by atoms with Crippen molar-refractivity contribution < 1.29 is 18.7 Å². The summed E-state index contributed by atoms with van der Waals surface area (Å²) in [5.41, 5.74) is 0.196. The second kappa shape index (κ2) is 3.58. The van der Waals surface area contributed by atoms with E-state index in [1.807, 2.05) is 24.3 Å². The largest absolute Gasteiger partial charge is 0.451 e. The first-order valence-corrected chi connectivity index (χ1v) is 9.47. The van der Waals surface area contributed by atoms with Crippen molar-refractivity contribution in [1.82, 2.24) is 0 Å². The van der Waals surface area contributed by atoms with E-state index in [1.54, 1.807) is 0 Å². The fraction of sp³-hybridized carbons (Fsp3) is 0.462. The minimum atomic E-state index is -1.83. The summed E-state index contributed by atoms with van der Waals surface area (Å²) in [5.74, 6) is 0.501. The summed E-state index contributed by atoms with van der Waals surface area (Å²) < 4.78 is 17.2. The minimum Gasteiger partial charge on any atom is -0.451 e. The van der Waals surface area contributed by atoms with E-state index in [-0.39, 0.29) is 12.4 Å². The molecule has 1 aromatic carbocycles. The number of carbonyl (C=O) groups is 1. The molecule has 4 nitrogen and oxygen atoms in total. The number of fused-ring (bicyclic) bond motifs is 3. The van der Waals surface area contributed by atoms with E-state index in [0.29, 0.717) is 0 Å². The highest BCUT2D eigenvalue weighted by Crippen LogP contribution is 2.51. The van der Waals surface area contributed by atoms with Crippen LogP contribution < -0.4 is 4.74 Å². The van der Waals surface area contributed by atoms with Crippen LogP contribution in [0.5, 0.6) is 5.75 Å². The average Bonchev–Trinajstić information content (AvgIpc) is 2.66. The SMILES string of the molecule is C[Si](C)(C)OC12CC(=O)OC1Oc1ccccc12. The highest BCUT2D eigenvalue weighted by atomic mass is 28.4. The second-order valence-electron chi connectivity index (χ2n) is 5.72. The zero-order valence-electron chi connectivity index (χ0n) is 10.7. The van der Waals surface area contributed by atoms with E-state index >= 15 is 0 Å². The zero-order valence-corrected chi connectivity index (χ0v) is 11.7. The van der Waals surface area contributed by atoms with Gasteiger partial charge in [-0.25, -0.2) is 0 Å². The molecule has 0 N–H and O–H groups in total. The Labute approximate surface area is 107 Å². The Bertz CT molecular complexity index is 508. The summed E-state index contributed by atoms with van der Waals surface area (Å²) in [5, 5.41) is 0. The van der Waals surface area contributed by atoms with Crippen LogP contribution in [0.3, 0.4) is 0 Å². The quantitative estimate of drug-likeness (QED) is 0.608. The minimum absolute atomic E-state index is 0.235. The van der Waals surface area contributed by atoms with E-state index in [1.165, 1.54) is 0 Å². The lowest BCUT2D eigenvalue weighted by molar-refractivity contribution is -0.157. The second-order valence-corrected chi connectivity index (χ2v) is 10.1. The average molecular weight is 264 g/mol. The van der Waals surface area contributed by atoms with Gasteiger partial charge in [0, 0.05) is 5.56 Å². The predicted octanol–water partition coefficient (Wildman–Crippen LogP) is 2.40. The molecule has 0 amide bonds. The van der Waals surface area contributed by atoms with Crippen molar-refractivity contribution in [2.75, 3.05) is 0 Å². The smallest absolute Gasteiger partial charge is 0.312 e. The fourth-order valence-corrected chi connectivity index (χ4v) is 3.99. The van der Waals surface area contributed by atoms with Crippen molar-refractivity contribution in [1.29, 1.82) is 0 Å². The van der Waals surface area contributed by atoms with E-state index in [0.717, 1.165) is 11.3 Å². The van der Waals surface area contributed by atoms with Gasteiger partial charge in [-0.15, -0.1) is 0 Å². The summed E-state index contributed by atoms with van der Waals surface area (Å²) in [7, 11) is -1.83. The van der Waals surface area contributed by atoms with Gasteiger partial charge in [0.25, 0.3) is 6.29 Å². The van der Waals surface area contributed by atoms with Crippen LogP contribution in [-0.4, -0.2) is 20.6 Å². The molecule has 5 heteroatoms. The number of para-hydroxylation sites is 1. The van der Waals surface area contributed by atoms with Crippen molar-refractivity contribution >= 4 is 14.3 Å². The van der Waals surface area contributed by atoms with Crippen molar-refractivity contribution in [2.24, 2.45) is 0 Å². The number of hydrogen-bond donors (Lipinski definition) is 0. The van der Waals surface area contributed by atoms with Gasteiger partial charge >= 0.3 is 5.97 Å². The molecule has 1 fully saturated rings. The van der Waals surface area contributed by atoms with E-state index in [2.05, 4.69) is 19.6 Å². The maximum atomic E-state index is 11.6. The summed E-state index contributed by atoms with van der Waals surface area (Å²) in [4.78, 5) is 11.6. The molecule has 2 unspecified atom stereocenters. The van der Waals surface area contributed by atoms with Gasteiger partial charge in [-0.3, -0.25) is 4.79 Å². The lowest BCUT2D eigenvalue weighted by Gasteiger charge is -2.32. The van der Waals surface area contributed by atoms with Crippen molar-refractivity contribution in [2.45, 2.75) is 38.0 Å². The normalized spacial score (nSPS) is 29.5. The van der Waals surface area contributed by atoms with Crippen LogP contribution in [0.4, 0.5) is 0 Å². The van der Waals surface area contributed by atoms with Gasteiger partial charge in [-0.1, -0.05) is 18.2 Å². The molecule has 3 rings (SSSR count). The standard InChI is InChI=1S/C13H16O4Si/c1-18(2,3)17-13-8-11(14)16-12(13)15-10-7-5-4-6-9(10)13/h4-7,12H,8H2,1-3H3. The fourth-order valence-electron chi connectivity index (χ4n) is 2.62. The summed E-state index contributed by atoms with van der Waals surface area (Å²) in [6.45, 7) is 6.30. The van der Waals surface area contributed by atoms with Crippen molar-refractivity contribution in [3.8, 4) is 5.75 Å². The number of rotatable bonds is 2. The summed E-state index contributed by atoms with van der Waals surface area (Å²) >= 11 is 0. The Morgan fingerprint density at radius 2 is 2.00 bits per heavy atom. The molecule has 18 heavy (non-hydrogen) atoms. The molecule has 1 aromatic rings. The molecule has 96 valence electrons. The van der Waals surface area contributed by atoms with Gasteiger partial charge in [0.2, 0.25) is 0 Å². The van der Waals surface area contributed by atoms with Crippen LogP contribution >= 0.6 is 0 Å². The third kappa shape index (κ3) is 1.66. The Hall–Kier alpha value is -1.33. The Morgan fingerprint density at radius 3 is 2.72 bits per heavy atom. The lowest BCUT2D eigenvalue weighted by Crippen LogP contribution is -2.44. The number of hydrogen-bond acceptors (Lipinski definition) is 4. The summed E-state index contributed by atoms with van der Waals surface area (Å²) in [6.07, 6.45) is -0.395. The number of esters is 1. The third-order valence-electron chi connectivity index (χ3n) is 3.09. The molecule has 0 bridgehead atoms. The Balaban J connectivity index is 2.09. The van der Waals surface area contributed by atoms with E-state index in [4.69, 9.17) is 13.9 Å². The molecule has 2 atom stereocenters. The van der Waals surface area contributed by atoms with Crippen molar-refractivity contribution in [3.63, 3.8) is 0 Å². The van der Waals surface area contributed by atoms with Gasteiger partial charge in [-0.05, 0) is 25.7 Å². The first kappa shape index (κ1) is 11.7.